The maximum absolute atomic E-state index is 11.9. The standard InChI is InChI=1S/C20H25Cl2NO4/c1-19(2,3)27-18(24)23-7-6-11-8-15-16(26-10-25-15)9-13(11)12-4-5-14-17(12)20(14,21)22/h8-9,12,14,17H,4-7,10H2,1-3H3,(H,23,24). The largest absolute Gasteiger partial charge is 0.454 e. The summed E-state index contributed by atoms with van der Waals surface area (Å²) in [4.78, 5) is 11.9. The summed E-state index contributed by atoms with van der Waals surface area (Å²) in [6.07, 6.45) is 2.39. The van der Waals surface area contributed by atoms with Crippen molar-refractivity contribution in [1.82, 2.24) is 5.32 Å². The Hall–Kier alpha value is -1.33. The molecule has 0 aromatic heterocycles. The van der Waals surface area contributed by atoms with Gasteiger partial charge in [0.05, 0.1) is 0 Å². The van der Waals surface area contributed by atoms with Crippen LogP contribution < -0.4 is 14.8 Å². The van der Waals surface area contributed by atoms with E-state index in [0.717, 1.165) is 29.9 Å². The zero-order chi connectivity index (χ0) is 19.4. The van der Waals surface area contributed by atoms with Crippen molar-refractivity contribution in [2.24, 2.45) is 11.8 Å². The molecule has 7 heteroatoms. The van der Waals surface area contributed by atoms with Crippen LogP contribution in [0.2, 0.25) is 0 Å². The van der Waals surface area contributed by atoms with Crippen LogP contribution in [0.25, 0.3) is 0 Å². The molecule has 4 rings (SSSR count). The third-order valence-electron chi connectivity index (χ3n) is 5.58. The fourth-order valence-corrected chi connectivity index (χ4v) is 5.37. The SMILES string of the molecule is CC(C)(C)OC(=O)NCCc1cc2c(cc1C1CCC3C1C3(Cl)Cl)OCO2. The lowest BCUT2D eigenvalue weighted by Crippen LogP contribution is -2.33. The third kappa shape index (κ3) is 3.68. The molecule has 1 aliphatic heterocycles. The normalized spacial score (nSPS) is 27.2. The topological polar surface area (TPSA) is 56.8 Å². The van der Waals surface area contributed by atoms with E-state index in [0.29, 0.717) is 30.7 Å². The number of benzene rings is 1. The zero-order valence-corrected chi connectivity index (χ0v) is 17.3. The summed E-state index contributed by atoms with van der Waals surface area (Å²) >= 11 is 12.9. The van der Waals surface area contributed by atoms with Crippen molar-refractivity contribution < 1.29 is 19.0 Å². The molecule has 1 aromatic rings. The Morgan fingerprint density at radius 3 is 2.59 bits per heavy atom. The Labute approximate surface area is 169 Å². The van der Waals surface area contributed by atoms with Gasteiger partial charge in [0.2, 0.25) is 6.79 Å². The molecule has 0 radical (unpaired) electrons. The number of carbonyl (C=O) groups excluding carboxylic acids is 1. The number of alkyl carbamates (subject to hydrolysis) is 1. The Morgan fingerprint density at radius 1 is 1.26 bits per heavy atom. The Morgan fingerprint density at radius 2 is 1.96 bits per heavy atom. The first-order valence-corrected chi connectivity index (χ1v) is 10.2. The number of carbonyl (C=O) groups is 1. The minimum atomic E-state index is -0.606. The Kier molecular flexibility index (Phi) is 4.66. The van der Waals surface area contributed by atoms with Crippen molar-refractivity contribution in [3.63, 3.8) is 0 Å². The molecular formula is C20H25Cl2NO4. The maximum atomic E-state index is 11.9. The number of rotatable bonds is 4. The van der Waals surface area contributed by atoms with Crippen molar-refractivity contribution in [2.45, 2.75) is 55.9 Å². The predicted molar refractivity (Wildman–Crippen MR) is 104 cm³/mol. The van der Waals surface area contributed by atoms with E-state index in [1.165, 1.54) is 5.56 Å². The van der Waals surface area contributed by atoms with Crippen LogP contribution in [0.5, 0.6) is 11.5 Å². The minimum Gasteiger partial charge on any atom is -0.454 e. The molecule has 0 saturated heterocycles. The summed E-state index contributed by atoms with van der Waals surface area (Å²) in [5.74, 6) is 2.51. The number of nitrogens with one attached hydrogen (secondary N) is 1. The van der Waals surface area contributed by atoms with Crippen molar-refractivity contribution in [3.8, 4) is 11.5 Å². The zero-order valence-electron chi connectivity index (χ0n) is 15.8. The highest BCUT2D eigenvalue weighted by molar-refractivity contribution is 6.51. The van der Waals surface area contributed by atoms with Gasteiger partial charge in [-0.1, -0.05) is 0 Å². The van der Waals surface area contributed by atoms with Gasteiger partial charge in [0, 0.05) is 12.5 Å². The molecule has 3 atom stereocenters. The van der Waals surface area contributed by atoms with E-state index < -0.39 is 16.0 Å². The number of hydrogen-bond donors (Lipinski definition) is 1. The van der Waals surface area contributed by atoms with Crippen LogP contribution in [0.4, 0.5) is 4.79 Å². The average Bonchev–Trinajstić information content (AvgIpc) is 2.98. The average molecular weight is 414 g/mol. The molecule has 1 N–H and O–H groups in total. The van der Waals surface area contributed by atoms with E-state index in [-0.39, 0.29) is 6.79 Å². The molecule has 0 spiro atoms. The van der Waals surface area contributed by atoms with Crippen LogP contribution in [-0.4, -0.2) is 29.4 Å². The van der Waals surface area contributed by atoms with E-state index >= 15 is 0 Å². The molecule has 3 aliphatic rings. The maximum Gasteiger partial charge on any atom is 0.407 e. The summed E-state index contributed by atoms with van der Waals surface area (Å²) in [5, 5.41) is 2.83. The highest BCUT2D eigenvalue weighted by Gasteiger charge is 2.68. The molecule has 27 heavy (non-hydrogen) atoms. The van der Waals surface area contributed by atoms with Gasteiger partial charge in [-0.15, -0.1) is 23.2 Å². The fraction of sp³-hybridized carbons (Fsp3) is 0.650. The molecule has 1 aromatic carbocycles. The second-order valence-electron chi connectivity index (χ2n) is 8.57. The minimum absolute atomic E-state index is 0.236. The number of halogens is 2. The molecule has 148 valence electrons. The number of amides is 1. The van der Waals surface area contributed by atoms with Crippen LogP contribution in [0.1, 0.15) is 50.7 Å². The predicted octanol–water partition coefficient (Wildman–Crippen LogP) is 4.78. The van der Waals surface area contributed by atoms with Gasteiger partial charge in [0.1, 0.15) is 9.93 Å². The van der Waals surface area contributed by atoms with Crippen LogP contribution in [0.3, 0.4) is 0 Å². The van der Waals surface area contributed by atoms with E-state index in [1.807, 2.05) is 26.8 Å². The summed E-state index contributed by atoms with van der Waals surface area (Å²) < 4.78 is 15.8. The second kappa shape index (κ2) is 6.63. The molecular weight excluding hydrogens is 389 g/mol. The lowest BCUT2D eigenvalue weighted by Gasteiger charge is -2.21. The van der Waals surface area contributed by atoms with Crippen LogP contribution in [0.15, 0.2) is 12.1 Å². The molecule has 5 nitrogen and oxygen atoms in total. The van der Waals surface area contributed by atoms with Gasteiger partial charge in [-0.05, 0) is 75.1 Å². The lowest BCUT2D eigenvalue weighted by atomic mass is 9.88. The molecule has 0 bridgehead atoms. The van der Waals surface area contributed by atoms with Gasteiger partial charge in [0.25, 0.3) is 0 Å². The van der Waals surface area contributed by atoms with Gasteiger partial charge in [-0.25, -0.2) is 4.79 Å². The van der Waals surface area contributed by atoms with Gasteiger partial charge in [0.15, 0.2) is 11.5 Å². The Balaban J connectivity index is 1.49. The van der Waals surface area contributed by atoms with Crippen molar-refractivity contribution in [3.05, 3.63) is 23.3 Å². The van der Waals surface area contributed by atoms with Gasteiger partial charge in [-0.2, -0.15) is 0 Å². The van der Waals surface area contributed by atoms with Crippen molar-refractivity contribution >= 4 is 29.3 Å². The molecule has 2 fully saturated rings. The van der Waals surface area contributed by atoms with Crippen LogP contribution in [-0.2, 0) is 11.2 Å². The van der Waals surface area contributed by atoms with E-state index in [9.17, 15) is 4.79 Å². The number of hydrogen-bond acceptors (Lipinski definition) is 4. The fourth-order valence-electron chi connectivity index (χ4n) is 4.40. The van der Waals surface area contributed by atoms with Gasteiger partial charge in [-0.3, -0.25) is 0 Å². The third-order valence-corrected chi connectivity index (χ3v) is 6.65. The molecule has 2 aliphatic carbocycles. The summed E-state index contributed by atoms with van der Waals surface area (Å²) in [7, 11) is 0. The number of alkyl halides is 2. The van der Waals surface area contributed by atoms with Crippen LogP contribution >= 0.6 is 23.2 Å². The van der Waals surface area contributed by atoms with Gasteiger partial charge >= 0.3 is 6.09 Å². The van der Waals surface area contributed by atoms with Gasteiger partial charge < -0.3 is 19.5 Å². The summed E-state index contributed by atoms with van der Waals surface area (Å²) in [6.45, 7) is 6.26. The van der Waals surface area contributed by atoms with Crippen molar-refractivity contribution in [1.29, 1.82) is 0 Å². The first-order chi connectivity index (χ1) is 12.7. The summed E-state index contributed by atoms with van der Waals surface area (Å²) in [6, 6.07) is 4.09. The highest BCUT2D eigenvalue weighted by atomic mass is 35.5. The first kappa shape index (κ1) is 19.0. The molecule has 1 heterocycles. The quantitative estimate of drug-likeness (QED) is 0.721. The van der Waals surface area contributed by atoms with Crippen LogP contribution in [0, 0.1) is 11.8 Å². The smallest absolute Gasteiger partial charge is 0.407 e. The number of ether oxygens (including phenoxy) is 3. The monoisotopic (exact) mass is 413 g/mol. The van der Waals surface area contributed by atoms with Crippen molar-refractivity contribution in [2.75, 3.05) is 13.3 Å². The lowest BCUT2D eigenvalue weighted by molar-refractivity contribution is 0.0528. The van der Waals surface area contributed by atoms with E-state index in [1.54, 1.807) is 0 Å². The number of fused-ring (bicyclic) bond motifs is 2. The molecule has 3 unspecified atom stereocenters. The first-order valence-electron chi connectivity index (χ1n) is 9.44. The molecule has 2 saturated carbocycles. The highest BCUT2D eigenvalue weighted by Crippen LogP contribution is 2.72. The van der Waals surface area contributed by atoms with E-state index in [4.69, 9.17) is 37.4 Å². The summed E-state index contributed by atoms with van der Waals surface area (Å²) in [5.41, 5.74) is 1.83. The Bertz CT molecular complexity index is 759. The molecule has 1 amide bonds. The van der Waals surface area contributed by atoms with E-state index in [2.05, 4.69) is 11.4 Å². The second-order valence-corrected chi connectivity index (χ2v) is 10.0.